The topological polar surface area (TPSA) is 94.2 Å². The lowest BCUT2D eigenvalue weighted by atomic mass is 10.1. The number of aryl methyl sites for hydroxylation is 1. The minimum absolute atomic E-state index is 0.0106. The van der Waals surface area contributed by atoms with E-state index in [9.17, 15) is 14.4 Å². The van der Waals surface area contributed by atoms with Gasteiger partial charge in [-0.15, -0.1) is 0 Å². The second kappa shape index (κ2) is 10.6. The summed E-state index contributed by atoms with van der Waals surface area (Å²) in [5.41, 5.74) is 3.02. The van der Waals surface area contributed by atoms with Crippen molar-refractivity contribution in [2.24, 2.45) is 0 Å². The number of carbonyl (C=O) groups is 3. The van der Waals surface area contributed by atoms with Crippen LogP contribution in [0, 0.1) is 6.92 Å². The van der Waals surface area contributed by atoms with E-state index >= 15 is 0 Å². The average molecular weight is 537 g/mol. The molecule has 2 aliphatic rings. The van der Waals surface area contributed by atoms with Gasteiger partial charge in [-0.1, -0.05) is 41.4 Å². The van der Waals surface area contributed by atoms with Crippen molar-refractivity contribution in [3.05, 3.63) is 87.3 Å². The Labute approximate surface area is 222 Å². The number of fused-ring (bicyclic) bond motifs is 1. The number of hydrogen-bond acceptors (Lipinski definition) is 7. The summed E-state index contributed by atoms with van der Waals surface area (Å²) in [6, 6.07) is 17.7. The number of rotatable bonds is 7. The maximum Gasteiger partial charge on any atom is 0.293 e. The van der Waals surface area contributed by atoms with Gasteiger partial charge in [0.2, 0.25) is 6.79 Å². The molecule has 0 bridgehead atoms. The zero-order valence-electron chi connectivity index (χ0n) is 19.7. The number of halogens is 1. The number of ether oxygens (including phenoxy) is 3. The van der Waals surface area contributed by atoms with Crippen molar-refractivity contribution in [2.45, 2.75) is 13.5 Å². The molecule has 1 fully saturated rings. The van der Waals surface area contributed by atoms with Gasteiger partial charge in [0.1, 0.15) is 5.75 Å². The first kappa shape index (κ1) is 24.7. The van der Waals surface area contributed by atoms with E-state index in [4.69, 9.17) is 25.8 Å². The Hall–Kier alpha value is -3.95. The molecule has 1 N–H and O–H groups in total. The third kappa shape index (κ3) is 5.73. The molecule has 0 aromatic heterocycles. The Bertz CT molecular complexity index is 1420. The number of hydrogen-bond donors (Lipinski definition) is 1. The maximum atomic E-state index is 13.0. The molecule has 0 unspecified atom stereocenters. The van der Waals surface area contributed by atoms with Gasteiger partial charge >= 0.3 is 0 Å². The third-order valence-electron chi connectivity index (χ3n) is 5.60. The van der Waals surface area contributed by atoms with Crippen LogP contribution >= 0.6 is 23.4 Å². The molecule has 0 radical (unpaired) electrons. The standard InChI is InChI=1S/C27H21ClN2O6S/c1-16-5-7-19(8-6-16)29-25(31)14-34-20-4-2-3-17(9-20)10-24-26(32)30(27(33)37-24)13-18-11-22-23(12-21(18)28)36-15-35-22/h2-12H,13-15H2,1H3,(H,29,31)/b24-10-. The molecule has 8 nitrogen and oxygen atoms in total. The molecule has 2 heterocycles. The van der Waals surface area contributed by atoms with Crippen molar-refractivity contribution in [1.82, 2.24) is 4.90 Å². The number of anilines is 1. The molecule has 1 saturated heterocycles. The molecule has 0 saturated carbocycles. The van der Waals surface area contributed by atoms with Gasteiger partial charge in [0.15, 0.2) is 18.1 Å². The monoisotopic (exact) mass is 536 g/mol. The van der Waals surface area contributed by atoms with Crippen molar-refractivity contribution in [3.8, 4) is 17.2 Å². The molecule has 0 spiro atoms. The van der Waals surface area contributed by atoms with Crippen LogP contribution in [0.4, 0.5) is 10.5 Å². The lowest BCUT2D eigenvalue weighted by Gasteiger charge is -2.14. The number of thioether (sulfide) groups is 1. The summed E-state index contributed by atoms with van der Waals surface area (Å²) in [6.07, 6.45) is 1.62. The molecule has 2 aliphatic heterocycles. The van der Waals surface area contributed by atoms with E-state index in [2.05, 4.69) is 5.32 Å². The van der Waals surface area contributed by atoms with Crippen LogP contribution in [0.15, 0.2) is 65.6 Å². The van der Waals surface area contributed by atoms with Crippen molar-refractivity contribution in [3.63, 3.8) is 0 Å². The summed E-state index contributed by atoms with van der Waals surface area (Å²) in [5.74, 6) is 0.785. The van der Waals surface area contributed by atoms with E-state index in [-0.39, 0.29) is 30.8 Å². The lowest BCUT2D eigenvalue weighted by molar-refractivity contribution is -0.123. The highest BCUT2D eigenvalue weighted by Crippen LogP contribution is 2.39. The molecule has 5 rings (SSSR count). The first-order valence-electron chi connectivity index (χ1n) is 11.3. The summed E-state index contributed by atoms with van der Waals surface area (Å²) >= 11 is 7.17. The summed E-state index contributed by atoms with van der Waals surface area (Å²) in [4.78, 5) is 39.2. The Kier molecular flexibility index (Phi) is 7.07. The fourth-order valence-corrected chi connectivity index (χ4v) is 4.77. The lowest BCUT2D eigenvalue weighted by Crippen LogP contribution is -2.27. The Morgan fingerprint density at radius 3 is 2.65 bits per heavy atom. The molecule has 3 amide bonds. The SMILES string of the molecule is Cc1ccc(NC(=O)COc2cccc(/C=C3\SC(=O)N(Cc4cc5c(cc4Cl)OCO5)C3=O)c2)cc1. The minimum Gasteiger partial charge on any atom is -0.484 e. The van der Waals surface area contributed by atoms with E-state index in [1.54, 1.807) is 42.5 Å². The number of carbonyl (C=O) groups excluding carboxylic acids is 3. The smallest absolute Gasteiger partial charge is 0.293 e. The van der Waals surface area contributed by atoms with E-state index in [0.717, 1.165) is 22.2 Å². The van der Waals surface area contributed by atoms with Gasteiger partial charge in [0.25, 0.3) is 17.1 Å². The molecule has 10 heteroatoms. The number of benzene rings is 3. The number of amides is 3. The quantitative estimate of drug-likeness (QED) is 0.391. The highest BCUT2D eigenvalue weighted by molar-refractivity contribution is 8.18. The van der Waals surface area contributed by atoms with Crippen LogP contribution in [0.2, 0.25) is 5.02 Å². The van der Waals surface area contributed by atoms with Gasteiger partial charge in [-0.3, -0.25) is 19.3 Å². The van der Waals surface area contributed by atoms with Gasteiger partial charge in [-0.2, -0.15) is 0 Å². The molecular weight excluding hydrogens is 516 g/mol. The number of imide groups is 1. The zero-order chi connectivity index (χ0) is 25.9. The van der Waals surface area contributed by atoms with Gasteiger partial charge in [0.05, 0.1) is 11.4 Å². The fraction of sp³-hybridized carbons (Fsp3) is 0.148. The van der Waals surface area contributed by atoms with E-state index in [1.165, 1.54) is 0 Å². The molecule has 37 heavy (non-hydrogen) atoms. The van der Waals surface area contributed by atoms with Gasteiger partial charge in [-0.05, 0) is 66.2 Å². The normalized spacial score (nSPS) is 15.4. The maximum absolute atomic E-state index is 13.0. The second-order valence-corrected chi connectivity index (χ2v) is 9.74. The summed E-state index contributed by atoms with van der Waals surface area (Å²) in [6.45, 7) is 1.90. The van der Waals surface area contributed by atoms with Gasteiger partial charge in [-0.25, -0.2) is 0 Å². The first-order valence-corrected chi connectivity index (χ1v) is 12.5. The molecule has 188 valence electrons. The Balaban J connectivity index is 1.23. The summed E-state index contributed by atoms with van der Waals surface area (Å²) < 4.78 is 16.3. The largest absolute Gasteiger partial charge is 0.484 e. The third-order valence-corrected chi connectivity index (χ3v) is 6.86. The zero-order valence-corrected chi connectivity index (χ0v) is 21.2. The van der Waals surface area contributed by atoms with Crippen LogP contribution < -0.4 is 19.5 Å². The molecule has 3 aromatic carbocycles. The second-order valence-electron chi connectivity index (χ2n) is 8.34. The van der Waals surface area contributed by atoms with Crippen LogP contribution in [-0.4, -0.2) is 35.4 Å². The predicted octanol–water partition coefficient (Wildman–Crippen LogP) is 5.63. The van der Waals surface area contributed by atoms with Crippen LogP contribution in [0.1, 0.15) is 16.7 Å². The van der Waals surface area contributed by atoms with Crippen molar-refractivity contribution < 1.29 is 28.6 Å². The van der Waals surface area contributed by atoms with Gasteiger partial charge in [0, 0.05) is 16.8 Å². The Morgan fingerprint density at radius 1 is 1.11 bits per heavy atom. The summed E-state index contributed by atoms with van der Waals surface area (Å²) in [7, 11) is 0. The molecule has 0 atom stereocenters. The van der Waals surface area contributed by atoms with Crippen molar-refractivity contribution >= 4 is 52.2 Å². The predicted molar refractivity (Wildman–Crippen MR) is 141 cm³/mol. The van der Waals surface area contributed by atoms with Crippen LogP contribution in [0.25, 0.3) is 6.08 Å². The Morgan fingerprint density at radius 2 is 1.86 bits per heavy atom. The molecular formula is C27H21ClN2O6S. The van der Waals surface area contributed by atoms with E-state index in [0.29, 0.717) is 39.1 Å². The minimum atomic E-state index is -0.424. The first-order chi connectivity index (χ1) is 17.9. The van der Waals surface area contributed by atoms with Crippen molar-refractivity contribution in [1.29, 1.82) is 0 Å². The van der Waals surface area contributed by atoms with Crippen LogP contribution in [0.5, 0.6) is 17.2 Å². The number of nitrogens with zero attached hydrogens (tertiary/aromatic N) is 1. The number of nitrogens with one attached hydrogen (secondary N) is 1. The van der Waals surface area contributed by atoms with Crippen LogP contribution in [0.3, 0.4) is 0 Å². The fourth-order valence-electron chi connectivity index (χ4n) is 3.72. The van der Waals surface area contributed by atoms with E-state index < -0.39 is 11.1 Å². The summed E-state index contributed by atoms with van der Waals surface area (Å²) in [5, 5.41) is 2.76. The molecule has 0 aliphatic carbocycles. The average Bonchev–Trinajstić information content (AvgIpc) is 3.43. The highest BCUT2D eigenvalue weighted by Gasteiger charge is 2.35. The highest BCUT2D eigenvalue weighted by atomic mass is 35.5. The van der Waals surface area contributed by atoms with Gasteiger partial charge < -0.3 is 19.5 Å². The van der Waals surface area contributed by atoms with E-state index in [1.807, 2.05) is 31.2 Å². The molecule has 3 aromatic rings. The van der Waals surface area contributed by atoms with Crippen LogP contribution in [-0.2, 0) is 16.1 Å². The van der Waals surface area contributed by atoms with Crippen molar-refractivity contribution in [2.75, 3.05) is 18.7 Å².